The lowest BCUT2D eigenvalue weighted by Crippen LogP contribution is -2.44. The maximum atomic E-state index is 12.3. The molecule has 2 aromatic heterocycles. The van der Waals surface area contributed by atoms with E-state index in [1.54, 1.807) is 19.2 Å². The second-order valence-corrected chi connectivity index (χ2v) is 6.88. The Hall–Kier alpha value is -2.55. The molecule has 1 saturated carbocycles. The van der Waals surface area contributed by atoms with Crippen LogP contribution in [0.1, 0.15) is 37.7 Å². The van der Waals surface area contributed by atoms with E-state index in [0.29, 0.717) is 28.0 Å². The molecule has 0 amide bonds. The summed E-state index contributed by atoms with van der Waals surface area (Å²) in [6.45, 7) is 1.73. The van der Waals surface area contributed by atoms with Gasteiger partial charge in [-0.1, -0.05) is 6.42 Å². The minimum Gasteiger partial charge on any atom is -0.481 e. The van der Waals surface area contributed by atoms with Gasteiger partial charge in [0.15, 0.2) is 0 Å². The molecule has 0 radical (unpaired) electrons. The van der Waals surface area contributed by atoms with Gasteiger partial charge in [0.05, 0.1) is 18.3 Å². The molecular weight excluding hydrogens is 304 g/mol. The van der Waals surface area contributed by atoms with Crippen molar-refractivity contribution in [2.75, 3.05) is 25.1 Å². The number of nitrogens with zero attached hydrogens (tertiary/aromatic N) is 3. The van der Waals surface area contributed by atoms with Crippen molar-refractivity contribution in [3.05, 3.63) is 28.0 Å². The predicted octanol–water partition coefficient (Wildman–Crippen LogP) is 2.57. The zero-order valence-corrected chi connectivity index (χ0v) is 13.8. The largest absolute Gasteiger partial charge is 0.481 e. The quantitative estimate of drug-likeness (QED) is 0.918. The number of H-pyrrole nitrogens is 1. The summed E-state index contributed by atoms with van der Waals surface area (Å²) in [5.74, 6) is 0.479. The maximum absolute atomic E-state index is 12.3. The molecule has 2 aromatic rings. The summed E-state index contributed by atoms with van der Waals surface area (Å²) in [4.78, 5) is 21.7. The Morgan fingerprint density at radius 3 is 2.62 bits per heavy atom. The van der Waals surface area contributed by atoms with Crippen LogP contribution in [0.15, 0.2) is 16.9 Å². The Bertz CT molecular complexity index is 882. The predicted molar refractivity (Wildman–Crippen MR) is 91.4 cm³/mol. The summed E-state index contributed by atoms with van der Waals surface area (Å²) in [6.07, 6.45) is 6.20. The van der Waals surface area contributed by atoms with Gasteiger partial charge in [-0.25, -0.2) is 4.98 Å². The van der Waals surface area contributed by atoms with Crippen LogP contribution in [0.25, 0.3) is 11.0 Å². The number of pyridine rings is 2. The van der Waals surface area contributed by atoms with E-state index in [4.69, 9.17) is 4.74 Å². The van der Waals surface area contributed by atoms with Crippen molar-refractivity contribution < 1.29 is 4.74 Å². The topological polar surface area (TPSA) is 82.0 Å². The first kappa shape index (κ1) is 15.0. The number of ether oxygens (including phenoxy) is 1. The zero-order chi connectivity index (χ0) is 16.7. The van der Waals surface area contributed by atoms with Gasteiger partial charge < -0.3 is 14.6 Å². The average Bonchev–Trinajstić information content (AvgIpc) is 2.59. The lowest BCUT2D eigenvalue weighted by Gasteiger charge is -2.48. The van der Waals surface area contributed by atoms with Crippen molar-refractivity contribution in [2.24, 2.45) is 5.41 Å². The minimum absolute atomic E-state index is 0.146. The molecule has 4 rings (SSSR count). The minimum atomic E-state index is -0.351. The number of aromatic amines is 1. The van der Waals surface area contributed by atoms with Gasteiger partial charge in [-0.05, 0) is 37.2 Å². The zero-order valence-electron chi connectivity index (χ0n) is 13.8. The van der Waals surface area contributed by atoms with E-state index in [9.17, 15) is 10.1 Å². The highest BCUT2D eigenvalue weighted by Crippen LogP contribution is 2.49. The van der Waals surface area contributed by atoms with Crippen molar-refractivity contribution in [1.29, 1.82) is 5.26 Å². The third kappa shape index (κ3) is 2.23. The van der Waals surface area contributed by atoms with E-state index in [2.05, 4.69) is 20.9 Å². The molecule has 0 atom stereocenters. The summed E-state index contributed by atoms with van der Waals surface area (Å²) < 4.78 is 5.22. The van der Waals surface area contributed by atoms with Gasteiger partial charge in [0.2, 0.25) is 5.88 Å². The Morgan fingerprint density at radius 2 is 2.04 bits per heavy atom. The number of piperidine rings is 1. The third-order valence-electron chi connectivity index (χ3n) is 5.68. The first-order valence-corrected chi connectivity index (χ1v) is 8.42. The number of hydrogen-bond acceptors (Lipinski definition) is 5. The van der Waals surface area contributed by atoms with Gasteiger partial charge in [0.25, 0.3) is 5.56 Å². The van der Waals surface area contributed by atoms with Crippen LogP contribution in [0.4, 0.5) is 5.69 Å². The van der Waals surface area contributed by atoms with Crippen LogP contribution in [-0.2, 0) is 0 Å². The summed E-state index contributed by atoms with van der Waals surface area (Å²) in [7, 11) is 1.56. The molecule has 1 spiro atoms. The molecular formula is C18H20N4O2. The van der Waals surface area contributed by atoms with Gasteiger partial charge in [-0.15, -0.1) is 0 Å². The van der Waals surface area contributed by atoms with Crippen LogP contribution < -0.4 is 15.2 Å². The van der Waals surface area contributed by atoms with Crippen molar-refractivity contribution in [1.82, 2.24) is 9.97 Å². The number of aromatic nitrogens is 2. The number of hydrogen-bond donors (Lipinski definition) is 1. The number of methoxy groups -OCH3 is 1. The molecule has 6 heteroatoms. The van der Waals surface area contributed by atoms with Gasteiger partial charge in [0.1, 0.15) is 17.1 Å². The standard InChI is InChI=1S/C18H20N4O2/c1-24-14-4-3-13-15(21-14)16(12(11-19)17(23)20-13)22-9-7-18(8-10-22)5-2-6-18/h3-4H,2,5-10H2,1H3,(H,20,23). The lowest BCUT2D eigenvalue weighted by molar-refractivity contribution is 0.0955. The van der Waals surface area contributed by atoms with E-state index < -0.39 is 0 Å². The highest BCUT2D eigenvalue weighted by atomic mass is 16.5. The van der Waals surface area contributed by atoms with E-state index in [0.717, 1.165) is 25.9 Å². The first-order valence-electron chi connectivity index (χ1n) is 8.42. The highest BCUT2D eigenvalue weighted by molar-refractivity contribution is 5.91. The van der Waals surface area contributed by atoms with Crippen molar-refractivity contribution >= 4 is 16.7 Å². The SMILES string of the molecule is COc1ccc2[nH]c(=O)c(C#N)c(N3CCC4(CCC4)CC3)c2n1. The molecule has 0 bridgehead atoms. The first-order chi connectivity index (χ1) is 11.7. The summed E-state index contributed by atoms with van der Waals surface area (Å²) in [5, 5.41) is 9.52. The van der Waals surface area contributed by atoms with Crippen molar-refractivity contribution in [2.45, 2.75) is 32.1 Å². The molecule has 2 fully saturated rings. The fraction of sp³-hybridized carbons (Fsp3) is 0.500. The molecule has 3 heterocycles. The fourth-order valence-corrected chi connectivity index (χ4v) is 4.04. The Kier molecular flexibility index (Phi) is 3.45. The van der Waals surface area contributed by atoms with Crippen LogP contribution in [-0.4, -0.2) is 30.2 Å². The van der Waals surface area contributed by atoms with Gasteiger partial charge in [-0.3, -0.25) is 4.79 Å². The van der Waals surface area contributed by atoms with E-state index >= 15 is 0 Å². The molecule has 124 valence electrons. The maximum Gasteiger partial charge on any atom is 0.268 e. The van der Waals surface area contributed by atoms with Crippen LogP contribution in [0.2, 0.25) is 0 Å². The normalized spacial score (nSPS) is 19.1. The number of rotatable bonds is 2. The molecule has 1 N–H and O–H groups in total. The number of nitrogens with one attached hydrogen (secondary N) is 1. The van der Waals surface area contributed by atoms with Crippen LogP contribution >= 0.6 is 0 Å². The molecule has 1 aliphatic carbocycles. The lowest BCUT2D eigenvalue weighted by atomic mass is 9.63. The third-order valence-corrected chi connectivity index (χ3v) is 5.68. The number of fused-ring (bicyclic) bond motifs is 1. The number of nitriles is 1. The molecule has 1 aliphatic heterocycles. The average molecular weight is 324 g/mol. The fourth-order valence-electron chi connectivity index (χ4n) is 4.04. The Labute approximate surface area is 140 Å². The van der Waals surface area contributed by atoms with Gasteiger partial charge >= 0.3 is 0 Å². The van der Waals surface area contributed by atoms with Gasteiger partial charge in [-0.2, -0.15) is 5.26 Å². The van der Waals surface area contributed by atoms with Crippen LogP contribution in [0.3, 0.4) is 0 Å². The molecule has 2 aliphatic rings. The van der Waals surface area contributed by atoms with Gasteiger partial charge in [0, 0.05) is 19.2 Å². The smallest absolute Gasteiger partial charge is 0.268 e. The molecule has 1 saturated heterocycles. The van der Waals surface area contributed by atoms with Crippen molar-refractivity contribution in [3.8, 4) is 11.9 Å². The molecule has 0 aromatic carbocycles. The van der Waals surface area contributed by atoms with Crippen LogP contribution in [0, 0.1) is 16.7 Å². The van der Waals surface area contributed by atoms with E-state index in [1.165, 1.54) is 19.3 Å². The van der Waals surface area contributed by atoms with Crippen molar-refractivity contribution in [3.63, 3.8) is 0 Å². The number of anilines is 1. The summed E-state index contributed by atoms with van der Waals surface area (Å²) >= 11 is 0. The highest BCUT2D eigenvalue weighted by Gasteiger charge is 2.40. The van der Waals surface area contributed by atoms with E-state index in [1.807, 2.05) is 0 Å². The molecule has 0 unspecified atom stereocenters. The molecule has 6 nitrogen and oxygen atoms in total. The second kappa shape index (κ2) is 5.52. The monoisotopic (exact) mass is 324 g/mol. The van der Waals surface area contributed by atoms with Crippen LogP contribution in [0.5, 0.6) is 5.88 Å². The second-order valence-electron chi connectivity index (χ2n) is 6.88. The molecule has 24 heavy (non-hydrogen) atoms. The van der Waals surface area contributed by atoms with E-state index in [-0.39, 0.29) is 11.1 Å². The Morgan fingerprint density at radius 1 is 1.29 bits per heavy atom. The summed E-state index contributed by atoms with van der Waals surface area (Å²) in [5.41, 5.74) is 2.23. The Balaban J connectivity index is 1.83. The summed E-state index contributed by atoms with van der Waals surface area (Å²) in [6, 6.07) is 5.57.